The average Bonchev–Trinajstić information content (AvgIpc) is 2.61. The van der Waals surface area contributed by atoms with Gasteiger partial charge in [-0.05, 0) is 31.5 Å². The van der Waals surface area contributed by atoms with Crippen LogP contribution in [-0.4, -0.2) is 24.8 Å². The summed E-state index contributed by atoms with van der Waals surface area (Å²) >= 11 is 0. The maximum Gasteiger partial charge on any atom is 0.339 e. The van der Waals surface area contributed by atoms with Gasteiger partial charge in [-0.2, -0.15) is 0 Å². The van der Waals surface area contributed by atoms with Gasteiger partial charge in [0.2, 0.25) is 0 Å². The molecule has 0 unspecified atom stereocenters. The molecule has 132 valence electrons. The summed E-state index contributed by atoms with van der Waals surface area (Å²) in [7, 11) is 1.41. The van der Waals surface area contributed by atoms with Crippen LogP contribution in [0.25, 0.3) is 5.57 Å². The van der Waals surface area contributed by atoms with Gasteiger partial charge < -0.3 is 19.3 Å². The Balaban J connectivity index is 2.39. The SMILES string of the molecule is CCCOc1cccc(Oc2ccccc2/C(=C\OC)C(=O)O)c1C. The van der Waals surface area contributed by atoms with Gasteiger partial charge in [0, 0.05) is 11.1 Å². The molecule has 0 saturated carbocycles. The molecule has 0 aromatic heterocycles. The average molecular weight is 342 g/mol. The van der Waals surface area contributed by atoms with Crippen LogP contribution in [-0.2, 0) is 9.53 Å². The van der Waals surface area contributed by atoms with Crippen LogP contribution in [0.3, 0.4) is 0 Å². The van der Waals surface area contributed by atoms with Crippen molar-refractivity contribution >= 4 is 11.5 Å². The molecular formula is C20H22O5. The molecule has 0 saturated heterocycles. The maximum absolute atomic E-state index is 11.5. The lowest BCUT2D eigenvalue weighted by Crippen LogP contribution is -2.03. The van der Waals surface area contributed by atoms with E-state index >= 15 is 0 Å². The highest BCUT2D eigenvalue weighted by Gasteiger charge is 2.17. The van der Waals surface area contributed by atoms with Crippen LogP contribution in [0.1, 0.15) is 24.5 Å². The Bertz CT molecular complexity index is 764. The van der Waals surface area contributed by atoms with E-state index in [0.717, 1.165) is 17.7 Å². The van der Waals surface area contributed by atoms with E-state index in [2.05, 4.69) is 0 Å². The van der Waals surface area contributed by atoms with Crippen LogP contribution >= 0.6 is 0 Å². The largest absolute Gasteiger partial charge is 0.503 e. The van der Waals surface area contributed by atoms with Crippen molar-refractivity contribution in [3.63, 3.8) is 0 Å². The molecule has 0 aliphatic heterocycles. The molecular weight excluding hydrogens is 320 g/mol. The predicted octanol–water partition coefficient (Wildman–Crippen LogP) is 4.65. The zero-order valence-corrected chi connectivity index (χ0v) is 14.6. The fourth-order valence-corrected chi connectivity index (χ4v) is 2.32. The van der Waals surface area contributed by atoms with E-state index in [1.807, 2.05) is 32.0 Å². The van der Waals surface area contributed by atoms with Crippen LogP contribution < -0.4 is 9.47 Å². The Kier molecular flexibility index (Phi) is 6.46. The summed E-state index contributed by atoms with van der Waals surface area (Å²) in [6.45, 7) is 4.58. The number of rotatable bonds is 8. The van der Waals surface area contributed by atoms with Crippen LogP contribution in [0.2, 0.25) is 0 Å². The highest BCUT2D eigenvalue weighted by molar-refractivity contribution is 6.15. The first-order chi connectivity index (χ1) is 12.1. The second-order valence-corrected chi connectivity index (χ2v) is 5.40. The van der Waals surface area contributed by atoms with Gasteiger partial charge in [-0.3, -0.25) is 0 Å². The van der Waals surface area contributed by atoms with Gasteiger partial charge >= 0.3 is 5.97 Å². The summed E-state index contributed by atoms with van der Waals surface area (Å²) < 4.78 is 16.6. The summed E-state index contributed by atoms with van der Waals surface area (Å²) in [5, 5.41) is 9.42. The summed E-state index contributed by atoms with van der Waals surface area (Å²) in [6, 6.07) is 12.5. The van der Waals surface area contributed by atoms with E-state index in [1.54, 1.807) is 24.3 Å². The Labute approximate surface area is 147 Å². The minimum Gasteiger partial charge on any atom is -0.503 e. The molecule has 0 spiro atoms. The zero-order chi connectivity index (χ0) is 18.2. The molecule has 1 N–H and O–H groups in total. The first-order valence-corrected chi connectivity index (χ1v) is 8.04. The van der Waals surface area contributed by atoms with E-state index in [4.69, 9.17) is 14.2 Å². The summed E-state index contributed by atoms with van der Waals surface area (Å²) in [5.74, 6) is 0.713. The fraction of sp³-hybridized carbons (Fsp3) is 0.250. The lowest BCUT2D eigenvalue weighted by molar-refractivity contribution is -0.130. The molecule has 2 aromatic carbocycles. The van der Waals surface area contributed by atoms with Crippen molar-refractivity contribution < 1.29 is 24.1 Å². The third-order valence-electron chi connectivity index (χ3n) is 3.56. The summed E-state index contributed by atoms with van der Waals surface area (Å²) in [5.41, 5.74) is 1.32. The lowest BCUT2D eigenvalue weighted by atomic mass is 10.1. The van der Waals surface area contributed by atoms with Gasteiger partial charge in [-0.1, -0.05) is 31.2 Å². The van der Waals surface area contributed by atoms with Crippen LogP contribution in [0.5, 0.6) is 17.2 Å². The lowest BCUT2D eigenvalue weighted by Gasteiger charge is -2.15. The van der Waals surface area contributed by atoms with Crippen LogP contribution in [0, 0.1) is 6.92 Å². The van der Waals surface area contributed by atoms with Crippen molar-refractivity contribution in [2.75, 3.05) is 13.7 Å². The number of hydrogen-bond acceptors (Lipinski definition) is 4. The molecule has 0 aliphatic carbocycles. The molecule has 0 radical (unpaired) electrons. The topological polar surface area (TPSA) is 65.0 Å². The quantitative estimate of drug-likeness (QED) is 0.559. The normalized spacial score (nSPS) is 11.1. The molecule has 0 heterocycles. The fourth-order valence-electron chi connectivity index (χ4n) is 2.32. The third-order valence-corrected chi connectivity index (χ3v) is 3.56. The third kappa shape index (κ3) is 4.53. The van der Waals surface area contributed by atoms with E-state index in [0.29, 0.717) is 23.7 Å². The monoisotopic (exact) mass is 342 g/mol. The maximum atomic E-state index is 11.5. The van der Waals surface area contributed by atoms with E-state index < -0.39 is 5.97 Å². The van der Waals surface area contributed by atoms with Gasteiger partial charge in [0.15, 0.2) is 0 Å². The summed E-state index contributed by atoms with van der Waals surface area (Å²) in [4.78, 5) is 11.5. The van der Waals surface area contributed by atoms with Gasteiger partial charge in [-0.25, -0.2) is 4.79 Å². The summed E-state index contributed by atoms with van der Waals surface area (Å²) in [6.07, 6.45) is 2.11. The second kappa shape index (κ2) is 8.78. The Morgan fingerprint density at radius 2 is 1.76 bits per heavy atom. The first-order valence-electron chi connectivity index (χ1n) is 8.04. The molecule has 25 heavy (non-hydrogen) atoms. The molecule has 5 nitrogen and oxygen atoms in total. The van der Waals surface area contributed by atoms with Gasteiger partial charge in [0.05, 0.1) is 20.0 Å². The second-order valence-electron chi connectivity index (χ2n) is 5.40. The van der Waals surface area contributed by atoms with Crippen molar-refractivity contribution in [1.29, 1.82) is 0 Å². The van der Waals surface area contributed by atoms with E-state index in [-0.39, 0.29) is 5.57 Å². The minimum atomic E-state index is -1.09. The highest BCUT2D eigenvalue weighted by atomic mass is 16.5. The first kappa shape index (κ1) is 18.4. The predicted molar refractivity (Wildman–Crippen MR) is 96.1 cm³/mol. The molecule has 2 aromatic rings. The van der Waals surface area contributed by atoms with Crippen molar-refractivity contribution in [3.05, 3.63) is 59.9 Å². The Hall–Kier alpha value is -2.95. The molecule has 0 aliphatic rings. The number of aliphatic carboxylic acids is 1. The smallest absolute Gasteiger partial charge is 0.339 e. The van der Waals surface area contributed by atoms with Crippen LogP contribution in [0.15, 0.2) is 48.7 Å². The van der Waals surface area contributed by atoms with Crippen molar-refractivity contribution in [1.82, 2.24) is 0 Å². The van der Waals surface area contributed by atoms with E-state index in [1.165, 1.54) is 13.4 Å². The van der Waals surface area contributed by atoms with Crippen molar-refractivity contribution in [2.45, 2.75) is 20.3 Å². The van der Waals surface area contributed by atoms with Crippen LogP contribution in [0.4, 0.5) is 0 Å². The Morgan fingerprint density at radius 1 is 1.08 bits per heavy atom. The number of hydrogen-bond donors (Lipinski definition) is 1. The zero-order valence-electron chi connectivity index (χ0n) is 14.6. The van der Waals surface area contributed by atoms with Crippen molar-refractivity contribution in [3.8, 4) is 17.2 Å². The molecule has 0 atom stereocenters. The van der Waals surface area contributed by atoms with Gasteiger partial charge in [0.1, 0.15) is 22.8 Å². The molecule has 0 amide bonds. The number of methoxy groups -OCH3 is 1. The number of benzene rings is 2. The molecule has 0 bridgehead atoms. The number of carboxylic acid groups (broad SMARTS) is 1. The van der Waals surface area contributed by atoms with Crippen molar-refractivity contribution in [2.24, 2.45) is 0 Å². The van der Waals surface area contributed by atoms with E-state index in [9.17, 15) is 9.90 Å². The molecule has 0 fully saturated rings. The molecule has 2 rings (SSSR count). The molecule has 5 heteroatoms. The highest BCUT2D eigenvalue weighted by Crippen LogP contribution is 2.35. The number of ether oxygens (including phenoxy) is 3. The van der Waals surface area contributed by atoms with Gasteiger partial charge in [0.25, 0.3) is 0 Å². The standard InChI is InChI=1S/C20H22O5/c1-4-12-24-17-10-7-11-18(14(17)2)25-19-9-6-5-8-15(19)16(13-23-3)20(21)22/h5-11,13H,4,12H2,1-3H3,(H,21,22)/b16-13+. The Morgan fingerprint density at radius 3 is 2.44 bits per heavy atom. The number of para-hydroxylation sites is 1. The minimum absolute atomic E-state index is 0.0224. The van der Waals surface area contributed by atoms with Gasteiger partial charge in [-0.15, -0.1) is 0 Å². The number of carboxylic acids is 1. The number of carbonyl (C=O) groups is 1.